The number of nitrogens with one attached hydrogen (secondary N) is 1. The highest BCUT2D eigenvalue weighted by atomic mass is 16.3. The molecule has 0 saturated carbocycles. The van der Waals surface area contributed by atoms with Gasteiger partial charge in [0.2, 0.25) is 0 Å². The van der Waals surface area contributed by atoms with Crippen LogP contribution in [-0.2, 0) is 6.42 Å². The minimum absolute atomic E-state index is 0.0207. The predicted molar refractivity (Wildman–Crippen MR) is 109 cm³/mol. The fraction of sp³-hybridized carbons (Fsp3) is 0.304. The summed E-state index contributed by atoms with van der Waals surface area (Å²) in [6.07, 6.45) is 7.12. The van der Waals surface area contributed by atoms with Crippen LogP contribution >= 0.6 is 0 Å². The van der Waals surface area contributed by atoms with E-state index in [1.807, 2.05) is 60.5 Å². The van der Waals surface area contributed by atoms with Gasteiger partial charge >= 0.3 is 0 Å². The van der Waals surface area contributed by atoms with Gasteiger partial charge in [0.25, 0.3) is 5.91 Å². The Balaban J connectivity index is 1.49. The summed E-state index contributed by atoms with van der Waals surface area (Å²) in [4.78, 5) is 22.4. The molecule has 2 aromatic heterocycles. The maximum atomic E-state index is 13.3. The molecule has 0 atom stereocenters. The number of aliphatic hydroxyl groups is 1. The lowest BCUT2D eigenvalue weighted by Gasteiger charge is -2.38. The summed E-state index contributed by atoms with van der Waals surface area (Å²) in [6.45, 7) is 3.06. The molecule has 1 saturated heterocycles. The highest BCUT2D eigenvalue weighted by Crippen LogP contribution is 2.30. The molecule has 5 heteroatoms. The number of amides is 1. The van der Waals surface area contributed by atoms with Crippen LogP contribution in [0.4, 0.5) is 0 Å². The monoisotopic (exact) mass is 375 g/mol. The fourth-order valence-corrected chi connectivity index (χ4v) is 3.98. The molecule has 28 heavy (non-hydrogen) atoms. The topological polar surface area (TPSA) is 69.2 Å². The standard InChI is InChI=1S/C23H25N3O2/c1-17-16-25-21(19-7-11-24-12-8-19)20(17)22(27)26-13-9-23(28,10-14-26)15-18-5-3-2-4-6-18/h2-8,11-12,16,25,28H,9-10,13-15H2,1H3. The van der Waals surface area contributed by atoms with Crippen molar-refractivity contribution in [2.75, 3.05) is 13.1 Å². The number of carbonyl (C=O) groups is 1. The quantitative estimate of drug-likeness (QED) is 0.732. The van der Waals surface area contributed by atoms with E-state index >= 15 is 0 Å². The number of carbonyl (C=O) groups excluding carboxylic acids is 1. The van der Waals surface area contributed by atoms with Crippen LogP contribution in [0.2, 0.25) is 0 Å². The summed E-state index contributed by atoms with van der Waals surface area (Å²) in [5.41, 5.74) is 3.80. The van der Waals surface area contributed by atoms with Gasteiger partial charge in [-0.1, -0.05) is 30.3 Å². The average Bonchev–Trinajstić information content (AvgIpc) is 3.11. The first-order valence-electron chi connectivity index (χ1n) is 9.70. The lowest BCUT2D eigenvalue weighted by molar-refractivity contribution is -0.0162. The van der Waals surface area contributed by atoms with Crippen LogP contribution < -0.4 is 0 Å². The summed E-state index contributed by atoms with van der Waals surface area (Å²) >= 11 is 0. The molecule has 1 aliphatic rings. The van der Waals surface area contributed by atoms with Gasteiger partial charge in [-0.2, -0.15) is 0 Å². The van der Waals surface area contributed by atoms with Gasteiger partial charge in [-0.05, 0) is 43.0 Å². The van der Waals surface area contributed by atoms with E-state index < -0.39 is 5.60 Å². The van der Waals surface area contributed by atoms with Crippen molar-refractivity contribution in [1.29, 1.82) is 0 Å². The summed E-state index contributed by atoms with van der Waals surface area (Å²) in [5, 5.41) is 11.0. The van der Waals surface area contributed by atoms with E-state index in [0.717, 1.165) is 22.4 Å². The van der Waals surface area contributed by atoms with E-state index in [2.05, 4.69) is 9.97 Å². The van der Waals surface area contributed by atoms with Crippen molar-refractivity contribution in [3.63, 3.8) is 0 Å². The number of hydrogen-bond acceptors (Lipinski definition) is 3. The zero-order valence-corrected chi connectivity index (χ0v) is 16.1. The molecule has 1 fully saturated rings. The molecule has 0 spiro atoms. The number of hydrogen-bond donors (Lipinski definition) is 2. The number of H-pyrrole nitrogens is 1. The first-order valence-corrected chi connectivity index (χ1v) is 9.70. The van der Waals surface area contributed by atoms with Crippen molar-refractivity contribution < 1.29 is 9.90 Å². The van der Waals surface area contributed by atoms with Gasteiger partial charge in [-0.3, -0.25) is 9.78 Å². The SMILES string of the molecule is Cc1c[nH]c(-c2ccncc2)c1C(=O)N1CCC(O)(Cc2ccccc2)CC1. The Morgan fingerprint density at radius 1 is 1.14 bits per heavy atom. The van der Waals surface area contributed by atoms with Crippen LogP contribution in [0.3, 0.4) is 0 Å². The van der Waals surface area contributed by atoms with Crippen molar-refractivity contribution in [2.24, 2.45) is 0 Å². The molecule has 0 aliphatic carbocycles. The van der Waals surface area contributed by atoms with Crippen molar-refractivity contribution in [2.45, 2.75) is 31.8 Å². The molecule has 1 aliphatic heterocycles. The molecule has 3 heterocycles. The number of nitrogens with zero attached hydrogens (tertiary/aromatic N) is 2. The molecule has 0 unspecified atom stereocenters. The van der Waals surface area contributed by atoms with Gasteiger partial charge < -0.3 is 15.0 Å². The number of aromatic amines is 1. The van der Waals surface area contributed by atoms with E-state index in [1.54, 1.807) is 12.4 Å². The van der Waals surface area contributed by atoms with E-state index in [0.29, 0.717) is 37.9 Å². The zero-order valence-electron chi connectivity index (χ0n) is 16.1. The lowest BCUT2D eigenvalue weighted by Crippen LogP contribution is -2.47. The van der Waals surface area contributed by atoms with Crippen LogP contribution in [0.1, 0.15) is 34.3 Å². The van der Waals surface area contributed by atoms with Gasteiger partial charge in [0.1, 0.15) is 0 Å². The molecule has 4 rings (SSSR count). The van der Waals surface area contributed by atoms with E-state index in [4.69, 9.17) is 0 Å². The third kappa shape index (κ3) is 3.71. The van der Waals surface area contributed by atoms with Crippen molar-refractivity contribution in [3.8, 4) is 11.3 Å². The zero-order chi connectivity index (χ0) is 19.6. The number of rotatable bonds is 4. The van der Waals surface area contributed by atoms with Crippen molar-refractivity contribution in [1.82, 2.24) is 14.9 Å². The molecule has 0 radical (unpaired) electrons. The molecule has 1 amide bonds. The average molecular weight is 375 g/mol. The summed E-state index contributed by atoms with van der Waals surface area (Å²) in [5.74, 6) is 0.0207. The number of likely N-dealkylation sites (tertiary alicyclic amines) is 1. The Labute approximate surface area is 165 Å². The van der Waals surface area contributed by atoms with E-state index in [1.165, 1.54) is 0 Å². The molecule has 2 N–H and O–H groups in total. The first kappa shape index (κ1) is 18.4. The molecular weight excluding hydrogens is 350 g/mol. The Morgan fingerprint density at radius 2 is 1.82 bits per heavy atom. The van der Waals surface area contributed by atoms with Crippen LogP contribution in [0.5, 0.6) is 0 Å². The normalized spacial score (nSPS) is 16.1. The maximum absolute atomic E-state index is 13.3. The van der Waals surface area contributed by atoms with Crippen LogP contribution in [0, 0.1) is 6.92 Å². The Kier molecular flexibility index (Phi) is 5.01. The van der Waals surface area contributed by atoms with Gasteiger partial charge in [-0.15, -0.1) is 0 Å². The van der Waals surface area contributed by atoms with Gasteiger partial charge in [0.05, 0.1) is 16.9 Å². The first-order chi connectivity index (χ1) is 13.6. The highest BCUT2D eigenvalue weighted by molar-refractivity contribution is 6.01. The summed E-state index contributed by atoms with van der Waals surface area (Å²) in [6, 6.07) is 13.8. The predicted octanol–water partition coefficient (Wildman–Crippen LogP) is 3.59. The minimum Gasteiger partial charge on any atom is -0.389 e. The number of piperidine rings is 1. The number of aromatic nitrogens is 2. The van der Waals surface area contributed by atoms with E-state index in [-0.39, 0.29) is 5.91 Å². The Morgan fingerprint density at radius 3 is 2.50 bits per heavy atom. The smallest absolute Gasteiger partial charge is 0.256 e. The minimum atomic E-state index is -0.751. The summed E-state index contributed by atoms with van der Waals surface area (Å²) in [7, 11) is 0. The Bertz CT molecular complexity index is 942. The van der Waals surface area contributed by atoms with Crippen molar-refractivity contribution >= 4 is 5.91 Å². The maximum Gasteiger partial charge on any atom is 0.256 e. The lowest BCUT2D eigenvalue weighted by atomic mass is 9.85. The Hall–Kier alpha value is -2.92. The third-order valence-corrected chi connectivity index (χ3v) is 5.62. The fourth-order valence-electron chi connectivity index (χ4n) is 3.98. The third-order valence-electron chi connectivity index (χ3n) is 5.62. The second-order valence-corrected chi connectivity index (χ2v) is 7.64. The van der Waals surface area contributed by atoms with Crippen molar-refractivity contribution in [3.05, 3.63) is 77.7 Å². The van der Waals surface area contributed by atoms with Gasteiger partial charge in [0.15, 0.2) is 0 Å². The number of pyridine rings is 1. The molecule has 5 nitrogen and oxygen atoms in total. The second kappa shape index (κ2) is 7.60. The molecule has 3 aromatic rings. The number of benzene rings is 1. The van der Waals surface area contributed by atoms with Gasteiger partial charge in [0, 0.05) is 43.7 Å². The second-order valence-electron chi connectivity index (χ2n) is 7.64. The van der Waals surface area contributed by atoms with Gasteiger partial charge in [-0.25, -0.2) is 0 Å². The van der Waals surface area contributed by atoms with Crippen LogP contribution in [0.15, 0.2) is 61.1 Å². The highest BCUT2D eigenvalue weighted by Gasteiger charge is 2.35. The number of aryl methyl sites for hydroxylation is 1. The van der Waals surface area contributed by atoms with Crippen LogP contribution in [-0.4, -0.2) is 44.6 Å². The largest absolute Gasteiger partial charge is 0.389 e. The molecule has 144 valence electrons. The molecule has 0 bridgehead atoms. The molecular formula is C23H25N3O2. The van der Waals surface area contributed by atoms with Crippen LogP contribution in [0.25, 0.3) is 11.3 Å². The molecule has 1 aromatic carbocycles. The summed E-state index contributed by atoms with van der Waals surface area (Å²) < 4.78 is 0. The van der Waals surface area contributed by atoms with E-state index in [9.17, 15) is 9.90 Å².